The van der Waals surface area contributed by atoms with E-state index in [9.17, 15) is 0 Å². The smallest absolute Gasteiger partial charge is 0.145 e. The van der Waals surface area contributed by atoms with E-state index in [4.69, 9.17) is 16.3 Å². The molecular formula is C29H21ClOS. The van der Waals surface area contributed by atoms with Crippen molar-refractivity contribution in [3.8, 4) is 11.5 Å². The molecule has 2 aliphatic carbocycles. The van der Waals surface area contributed by atoms with Gasteiger partial charge in [0.25, 0.3) is 0 Å². The molecule has 2 aliphatic rings. The summed E-state index contributed by atoms with van der Waals surface area (Å²) in [6.07, 6.45) is 4.82. The minimum absolute atomic E-state index is 0.194. The summed E-state index contributed by atoms with van der Waals surface area (Å²) in [4.78, 5) is 0. The van der Waals surface area contributed by atoms with E-state index in [1.165, 1.54) is 42.1 Å². The molecule has 4 aromatic carbocycles. The fourth-order valence-corrected chi connectivity index (χ4v) is 7.31. The van der Waals surface area contributed by atoms with Crippen LogP contribution in [-0.4, -0.2) is 0 Å². The van der Waals surface area contributed by atoms with Crippen LogP contribution in [-0.2, 0) is 0 Å². The number of halogens is 1. The van der Waals surface area contributed by atoms with Gasteiger partial charge in [-0.3, -0.25) is 0 Å². The number of allylic oxidation sites excluding steroid dienone is 2. The quantitative estimate of drug-likeness (QED) is 0.242. The second-order valence-electron chi connectivity index (χ2n) is 9.56. The zero-order chi connectivity index (χ0) is 21.6. The third kappa shape index (κ3) is 2.40. The molecule has 0 amide bonds. The first-order valence-corrected chi connectivity index (χ1v) is 12.2. The molecule has 1 heterocycles. The van der Waals surface area contributed by atoms with Crippen LogP contribution in [0.5, 0.6) is 11.5 Å². The van der Waals surface area contributed by atoms with E-state index in [1.807, 2.05) is 35.6 Å². The topological polar surface area (TPSA) is 9.23 Å². The van der Waals surface area contributed by atoms with Gasteiger partial charge in [-0.2, -0.15) is 0 Å². The Labute approximate surface area is 195 Å². The molecule has 1 nitrogen and oxygen atoms in total. The van der Waals surface area contributed by atoms with Crippen LogP contribution in [0.1, 0.15) is 36.8 Å². The maximum atomic E-state index is 6.52. The Morgan fingerprint density at radius 3 is 2.47 bits per heavy atom. The molecule has 0 N–H and O–H groups in total. The molecular weight excluding hydrogens is 432 g/mol. The molecule has 0 saturated heterocycles. The Balaban J connectivity index is 1.58. The Bertz CT molecular complexity index is 1590. The maximum Gasteiger partial charge on any atom is 0.145 e. The lowest BCUT2D eigenvalue weighted by Gasteiger charge is -2.24. The van der Waals surface area contributed by atoms with Crippen LogP contribution in [0.4, 0.5) is 0 Å². The lowest BCUT2D eigenvalue weighted by molar-refractivity contribution is 0.344. The number of fused-ring (bicyclic) bond motifs is 11. The summed E-state index contributed by atoms with van der Waals surface area (Å²) in [5.41, 5.74) is 3.12. The average Bonchev–Trinajstić information content (AvgIpc) is 3.40. The van der Waals surface area contributed by atoms with Gasteiger partial charge in [0, 0.05) is 32.3 Å². The van der Waals surface area contributed by atoms with Gasteiger partial charge >= 0.3 is 0 Å². The fraction of sp³-hybridized carbons (Fsp3) is 0.172. The first-order valence-electron chi connectivity index (χ1n) is 11.0. The Hall–Kier alpha value is -2.81. The molecule has 1 aromatic heterocycles. The highest BCUT2D eigenvalue weighted by Gasteiger charge is 2.49. The molecule has 2 atom stereocenters. The minimum atomic E-state index is 0.194. The zero-order valence-corrected chi connectivity index (χ0v) is 19.4. The Kier molecular flexibility index (Phi) is 3.73. The molecule has 0 radical (unpaired) electrons. The van der Waals surface area contributed by atoms with E-state index >= 15 is 0 Å². The van der Waals surface area contributed by atoms with E-state index < -0.39 is 0 Å². The predicted octanol–water partition coefficient (Wildman–Crippen LogP) is 9.43. The van der Waals surface area contributed by atoms with E-state index in [0.717, 1.165) is 11.5 Å². The SMILES string of the molecule is CC1(C)C2C=CC1c1c2cc(Oc2ccc(Cl)cc2)c2sc3c4ccccc4ccc3c12. The van der Waals surface area contributed by atoms with Crippen molar-refractivity contribution in [3.63, 3.8) is 0 Å². The molecule has 2 unspecified atom stereocenters. The van der Waals surface area contributed by atoms with Gasteiger partial charge in [-0.1, -0.05) is 74.0 Å². The third-order valence-corrected chi connectivity index (χ3v) is 8.96. The van der Waals surface area contributed by atoms with E-state index in [2.05, 4.69) is 68.5 Å². The molecule has 5 aromatic rings. The molecule has 2 bridgehead atoms. The molecule has 156 valence electrons. The van der Waals surface area contributed by atoms with Crippen molar-refractivity contribution in [2.45, 2.75) is 25.7 Å². The van der Waals surface area contributed by atoms with Crippen LogP contribution in [0.2, 0.25) is 5.02 Å². The maximum absolute atomic E-state index is 6.52. The lowest BCUT2D eigenvalue weighted by Crippen LogP contribution is -2.15. The van der Waals surface area contributed by atoms with Crippen LogP contribution in [0.25, 0.3) is 30.9 Å². The monoisotopic (exact) mass is 452 g/mol. The highest BCUT2D eigenvalue weighted by atomic mass is 35.5. The van der Waals surface area contributed by atoms with Gasteiger partial charge in [-0.05, 0) is 57.6 Å². The van der Waals surface area contributed by atoms with Crippen LogP contribution in [0.15, 0.2) is 78.9 Å². The standard InChI is InChI=1S/C29H21ClOS/c1-29(2)22-13-14-23(29)25-21(22)15-24(31-18-10-8-17(30)9-11-18)28-26(25)20-12-7-16-5-3-4-6-19(16)27(20)32-28/h3-15,22-23H,1-2H3. The summed E-state index contributed by atoms with van der Waals surface area (Å²) in [5.74, 6) is 2.63. The Morgan fingerprint density at radius 2 is 1.62 bits per heavy atom. The average molecular weight is 453 g/mol. The van der Waals surface area contributed by atoms with Crippen molar-refractivity contribution in [1.82, 2.24) is 0 Å². The van der Waals surface area contributed by atoms with Crippen molar-refractivity contribution in [3.05, 3.63) is 95.0 Å². The molecule has 0 aliphatic heterocycles. The van der Waals surface area contributed by atoms with Crippen LogP contribution in [0, 0.1) is 5.41 Å². The highest BCUT2D eigenvalue weighted by molar-refractivity contribution is 7.27. The van der Waals surface area contributed by atoms with Gasteiger partial charge in [0.05, 0.1) is 4.70 Å². The zero-order valence-electron chi connectivity index (χ0n) is 17.9. The summed E-state index contributed by atoms with van der Waals surface area (Å²) in [6, 6.07) is 23.2. The van der Waals surface area contributed by atoms with E-state index in [-0.39, 0.29) is 5.41 Å². The molecule has 0 saturated carbocycles. The summed E-state index contributed by atoms with van der Waals surface area (Å²) in [7, 11) is 0. The van der Waals surface area contributed by atoms with Gasteiger partial charge in [-0.15, -0.1) is 11.3 Å². The van der Waals surface area contributed by atoms with E-state index in [1.54, 1.807) is 0 Å². The number of rotatable bonds is 2. The second-order valence-corrected chi connectivity index (χ2v) is 11.0. The van der Waals surface area contributed by atoms with Crippen molar-refractivity contribution in [2.24, 2.45) is 5.41 Å². The summed E-state index contributed by atoms with van der Waals surface area (Å²) >= 11 is 7.97. The normalized spacial score (nSPS) is 20.5. The van der Waals surface area contributed by atoms with Gasteiger partial charge in [0.1, 0.15) is 11.5 Å². The number of benzene rings is 4. The highest BCUT2D eigenvalue weighted by Crippen LogP contribution is 2.64. The molecule has 0 spiro atoms. The van der Waals surface area contributed by atoms with Crippen LogP contribution in [0.3, 0.4) is 0 Å². The van der Waals surface area contributed by atoms with Crippen molar-refractivity contribution in [2.75, 3.05) is 0 Å². The number of hydrogen-bond donors (Lipinski definition) is 0. The van der Waals surface area contributed by atoms with Gasteiger partial charge in [0.15, 0.2) is 0 Å². The molecule has 0 fully saturated rings. The number of ether oxygens (including phenoxy) is 1. The third-order valence-electron chi connectivity index (χ3n) is 7.46. The first-order chi connectivity index (χ1) is 15.5. The van der Waals surface area contributed by atoms with Crippen LogP contribution >= 0.6 is 22.9 Å². The molecule has 3 heteroatoms. The van der Waals surface area contributed by atoms with Gasteiger partial charge in [0.2, 0.25) is 0 Å². The lowest BCUT2D eigenvalue weighted by atomic mass is 9.79. The number of thiophene rings is 1. The largest absolute Gasteiger partial charge is 0.456 e. The van der Waals surface area contributed by atoms with Crippen molar-refractivity contribution < 1.29 is 4.74 Å². The van der Waals surface area contributed by atoms with Gasteiger partial charge in [-0.25, -0.2) is 0 Å². The summed E-state index contributed by atoms with van der Waals surface area (Å²) in [6.45, 7) is 4.80. The molecule has 32 heavy (non-hydrogen) atoms. The fourth-order valence-electron chi connectivity index (χ4n) is 5.88. The first kappa shape index (κ1) is 18.7. The number of hydrogen-bond acceptors (Lipinski definition) is 2. The summed E-state index contributed by atoms with van der Waals surface area (Å²) in [5, 5.41) is 6.04. The summed E-state index contributed by atoms with van der Waals surface area (Å²) < 4.78 is 9.10. The minimum Gasteiger partial charge on any atom is -0.456 e. The van der Waals surface area contributed by atoms with Gasteiger partial charge < -0.3 is 4.74 Å². The molecule has 7 rings (SSSR count). The Morgan fingerprint density at radius 1 is 0.844 bits per heavy atom. The van der Waals surface area contributed by atoms with E-state index in [0.29, 0.717) is 16.9 Å². The van der Waals surface area contributed by atoms with Crippen LogP contribution < -0.4 is 4.74 Å². The van der Waals surface area contributed by atoms with Crippen molar-refractivity contribution in [1.29, 1.82) is 0 Å². The van der Waals surface area contributed by atoms with Crippen molar-refractivity contribution >= 4 is 53.9 Å². The predicted molar refractivity (Wildman–Crippen MR) is 137 cm³/mol. The second kappa shape index (κ2) is 6.37.